The van der Waals surface area contributed by atoms with Crippen LogP contribution in [-0.2, 0) is 6.42 Å². The molecule has 0 radical (unpaired) electrons. The Balaban J connectivity index is 1.92. The zero-order chi connectivity index (χ0) is 13.1. The van der Waals surface area contributed by atoms with Gasteiger partial charge in [0.25, 0.3) is 0 Å². The summed E-state index contributed by atoms with van der Waals surface area (Å²) in [5, 5.41) is 1.78. The third-order valence-electron chi connectivity index (χ3n) is 5.09. The van der Waals surface area contributed by atoms with Crippen molar-refractivity contribution in [1.29, 1.82) is 0 Å². The second-order valence-corrected chi connectivity index (χ2v) is 9.02. The Morgan fingerprint density at radius 1 is 0.895 bits per heavy atom. The lowest BCUT2D eigenvalue weighted by atomic mass is 10.2. The van der Waals surface area contributed by atoms with Gasteiger partial charge in [-0.25, -0.2) is 0 Å². The largest absolute Gasteiger partial charge is 0.0687 e. The summed E-state index contributed by atoms with van der Waals surface area (Å²) in [6.45, 7) is 2.33. The van der Waals surface area contributed by atoms with Crippen LogP contribution < -0.4 is 5.30 Å². The highest BCUT2D eigenvalue weighted by Crippen LogP contribution is 2.56. The first-order valence-electron chi connectivity index (χ1n) is 8.26. The van der Waals surface area contributed by atoms with Gasteiger partial charge in [0, 0.05) is 0 Å². The molecule has 0 unspecified atom stereocenters. The van der Waals surface area contributed by atoms with Gasteiger partial charge in [0.1, 0.15) is 0 Å². The van der Waals surface area contributed by atoms with E-state index in [1.807, 2.05) is 0 Å². The molecule has 0 N–H and O–H groups in total. The predicted octanol–water partition coefficient (Wildman–Crippen LogP) is 5.24. The highest BCUT2D eigenvalue weighted by Gasteiger charge is 2.34. The lowest BCUT2D eigenvalue weighted by Crippen LogP contribution is -2.21. The van der Waals surface area contributed by atoms with Gasteiger partial charge in [0.15, 0.2) is 0 Å². The van der Waals surface area contributed by atoms with Crippen molar-refractivity contribution in [3.63, 3.8) is 0 Å². The number of benzene rings is 1. The lowest BCUT2D eigenvalue weighted by molar-refractivity contribution is 0.835. The van der Waals surface area contributed by atoms with Crippen LogP contribution in [0.4, 0.5) is 0 Å². The van der Waals surface area contributed by atoms with Gasteiger partial charge < -0.3 is 0 Å². The average molecular weight is 274 g/mol. The molecule has 0 amide bonds. The molecule has 0 aromatic heterocycles. The van der Waals surface area contributed by atoms with Gasteiger partial charge in [-0.3, -0.25) is 0 Å². The van der Waals surface area contributed by atoms with Crippen molar-refractivity contribution in [1.82, 2.24) is 0 Å². The second kappa shape index (κ2) is 6.40. The van der Waals surface area contributed by atoms with Crippen molar-refractivity contribution >= 4 is 13.2 Å². The number of aryl methyl sites for hydroxylation is 1. The standard InChI is InChI=1S/C18H27P/c1-2-15-9-3-8-14-18(15)19(16-10-4-5-11-16)17-12-6-7-13-17/h3,8-9,14,16-17H,2,4-7,10-13H2,1H3. The first-order valence-corrected chi connectivity index (χ1v) is 9.74. The van der Waals surface area contributed by atoms with E-state index in [4.69, 9.17) is 0 Å². The first-order chi connectivity index (χ1) is 9.40. The molecule has 1 heteroatoms. The average Bonchev–Trinajstić information content (AvgIpc) is 3.13. The molecule has 0 nitrogen and oxygen atoms in total. The molecule has 0 saturated heterocycles. The van der Waals surface area contributed by atoms with Gasteiger partial charge >= 0.3 is 0 Å². The maximum absolute atomic E-state index is 2.47. The highest BCUT2D eigenvalue weighted by atomic mass is 31.1. The van der Waals surface area contributed by atoms with Crippen LogP contribution in [-0.4, -0.2) is 11.3 Å². The van der Waals surface area contributed by atoms with Crippen molar-refractivity contribution in [2.24, 2.45) is 0 Å². The molecule has 2 fully saturated rings. The van der Waals surface area contributed by atoms with E-state index in [9.17, 15) is 0 Å². The van der Waals surface area contributed by atoms with E-state index in [-0.39, 0.29) is 7.92 Å². The molecule has 2 aliphatic rings. The van der Waals surface area contributed by atoms with E-state index in [0.29, 0.717) is 0 Å². The SMILES string of the molecule is CCc1ccccc1P(C1CCCC1)C1CCCC1. The smallest absolute Gasteiger partial charge is 0.0166 e. The zero-order valence-electron chi connectivity index (χ0n) is 12.3. The molecule has 0 heterocycles. The summed E-state index contributed by atoms with van der Waals surface area (Å²) < 4.78 is 0. The predicted molar refractivity (Wildman–Crippen MR) is 86.9 cm³/mol. The van der Waals surface area contributed by atoms with Crippen molar-refractivity contribution < 1.29 is 0 Å². The Kier molecular flexibility index (Phi) is 4.59. The Morgan fingerprint density at radius 3 is 1.95 bits per heavy atom. The van der Waals surface area contributed by atoms with Crippen molar-refractivity contribution in [2.75, 3.05) is 0 Å². The Morgan fingerprint density at radius 2 is 1.42 bits per heavy atom. The number of rotatable bonds is 4. The molecule has 19 heavy (non-hydrogen) atoms. The van der Waals surface area contributed by atoms with E-state index < -0.39 is 0 Å². The van der Waals surface area contributed by atoms with E-state index in [1.165, 1.54) is 57.8 Å². The highest BCUT2D eigenvalue weighted by molar-refractivity contribution is 7.67. The minimum atomic E-state index is 0.115. The summed E-state index contributed by atoms with van der Waals surface area (Å²) in [7, 11) is 0.115. The van der Waals surface area contributed by atoms with Crippen LogP contribution in [0.5, 0.6) is 0 Å². The van der Waals surface area contributed by atoms with E-state index in [0.717, 1.165) is 11.3 Å². The molecule has 1 aromatic carbocycles. The quantitative estimate of drug-likeness (QED) is 0.658. The normalized spacial score (nSPS) is 21.6. The molecule has 0 aliphatic heterocycles. The lowest BCUT2D eigenvalue weighted by Gasteiger charge is -2.32. The molecule has 2 saturated carbocycles. The van der Waals surface area contributed by atoms with Gasteiger partial charge in [0.05, 0.1) is 0 Å². The summed E-state index contributed by atoms with van der Waals surface area (Å²) in [5.74, 6) is 0. The summed E-state index contributed by atoms with van der Waals surface area (Å²) >= 11 is 0. The fourth-order valence-electron chi connectivity index (χ4n) is 4.12. The van der Waals surface area contributed by atoms with Crippen molar-refractivity contribution in [2.45, 2.75) is 76.0 Å². The molecule has 3 rings (SSSR count). The van der Waals surface area contributed by atoms with Gasteiger partial charge in [0.2, 0.25) is 0 Å². The van der Waals surface area contributed by atoms with Crippen LogP contribution in [0.25, 0.3) is 0 Å². The molecule has 0 spiro atoms. The first kappa shape index (κ1) is 13.6. The van der Waals surface area contributed by atoms with E-state index >= 15 is 0 Å². The molecule has 2 aliphatic carbocycles. The molecule has 104 valence electrons. The molecular formula is C18H27P. The van der Waals surface area contributed by atoms with Crippen LogP contribution in [0, 0.1) is 0 Å². The summed E-state index contributed by atoms with van der Waals surface area (Å²) in [4.78, 5) is 0. The van der Waals surface area contributed by atoms with E-state index in [1.54, 1.807) is 10.9 Å². The van der Waals surface area contributed by atoms with Crippen LogP contribution in [0.1, 0.15) is 63.9 Å². The summed E-state index contributed by atoms with van der Waals surface area (Å²) in [6.07, 6.45) is 13.2. The number of hydrogen-bond acceptors (Lipinski definition) is 0. The molecule has 1 aromatic rings. The second-order valence-electron chi connectivity index (χ2n) is 6.27. The fourth-order valence-corrected chi connectivity index (χ4v) is 8.17. The molecule has 0 atom stereocenters. The third kappa shape index (κ3) is 2.89. The topological polar surface area (TPSA) is 0 Å². The maximum Gasteiger partial charge on any atom is -0.0166 e. The van der Waals surface area contributed by atoms with Crippen molar-refractivity contribution in [3.8, 4) is 0 Å². The van der Waals surface area contributed by atoms with Gasteiger partial charge in [-0.1, -0.05) is 64.8 Å². The minimum absolute atomic E-state index is 0.115. The van der Waals surface area contributed by atoms with Crippen molar-refractivity contribution in [3.05, 3.63) is 29.8 Å². The summed E-state index contributed by atoms with van der Waals surface area (Å²) in [6, 6.07) is 9.38. The van der Waals surface area contributed by atoms with Crippen LogP contribution in [0.3, 0.4) is 0 Å². The number of hydrogen-bond donors (Lipinski definition) is 0. The third-order valence-corrected chi connectivity index (χ3v) is 8.69. The Bertz CT molecular complexity index is 384. The van der Waals surface area contributed by atoms with E-state index in [2.05, 4.69) is 31.2 Å². The maximum atomic E-state index is 2.47. The Hall–Kier alpha value is -0.350. The molecular weight excluding hydrogens is 247 g/mol. The van der Waals surface area contributed by atoms with Gasteiger partial charge in [-0.05, 0) is 54.3 Å². The van der Waals surface area contributed by atoms with Gasteiger partial charge in [-0.2, -0.15) is 0 Å². The van der Waals surface area contributed by atoms with Crippen LogP contribution in [0.2, 0.25) is 0 Å². The minimum Gasteiger partial charge on any atom is -0.0687 e. The molecule has 0 bridgehead atoms. The fraction of sp³-hybridized carbons (Fsp3) is 0.667. The Labute approximate surface area is 119 Å². The monoisotopic (exact) mass is 274 g/mol. The summed E-state index contributed by atoms with van der Waals surface area (Å²) in [5.41, 5.74) is 3.74. The van der Waals surface area contributed by atoms with Gasteiger partial charge in [-0.15, -0.1) is 0 Å². The van der Waals surface area contributed by atoms with Crippen LogP contribution in [0.15, 0.2) is 24.3 Å². The van der Waals surface area contributed by atoms with Crippen LogP contribution >= 0.6 is 7.92 Å². The zero-order valence-corrected chi connectivity index (χ0v) is 13.2.